The average molecular weight is 286 g/mol. The van der Waals surface area contributed by atoms with E-state index in [4.69, 9.17) is 4.74 Å². The molecule has 0 spiro atoms. The van der Waals surface area contributed by atoms with E-state index in [0.29, 0.717) is 5.56 Å². The van der Waals surface area contributed by atoms with Crippen LogP contribution in [0, 0.1) is 0 Å². The standard InChI is InChI=1S/C17H22N2O2/c1-3-10-18-12-16-5-4-11-19(16)13-14-6-8-15(9-7-14)17(20)21-2/h4-9,11,18H,3,10,12-13H2,1-2H3. The maximum Gasteiger partial charge on any atom is 0.337 e. The van der Waals surface area contributed by atoms with E-state index in [2.05, 4.69) is 35.1 Å². The number of hydrogen-bond acceptors (Lipinski definition) is 3. The minimum Gasteiger partial charge on any atom is -0.465 e. The van der Waals surface area contributed by atoms with Crippen LogP contribution in [0.25, 0.3) is 0 Å². The Morgan fingerprint density at radius 2 is 2.00 bits per heavy atom. The van der Waals surface area contributed by atoms with Crippen molar-refractivity contribution in [2.24, 2.45) is 0 Å². The number of carbonyl (C=O) groups excluding carboxylic acids is 1. The normalized spacial score (nSPS) is 10.6. The molecule has 0 amide bonds. The lowest BCUT2D eigenvalue weighted by molar-refractivity contribution is 0.0600. The Morgan fingerprint density at radius 1 is 1.24 bits per heavy atom. The first-order chi connectivity index (χ1) is 10.2. The third kappa shape index (κ3) is 4.20. The van der Waals surface area contributed by atoms with E-state index < -0.39 is 0 Å². The lowest BCUT2D eigenvalue weighted by atomic mass is 10.1. The fourth-order valence-electron chi connectivity index (χ4n) is 2.22. The number of esters is 1. The van der Waals surface area contributed by atoms with Crippen LogP contribution in [0.1, 0.15) is 35.0 Å². The van der Waals surface area contributed by atoms with Crippen molar-refractivity contribution in [3.8, 4) is 0 Å². The van der Waals surface area contributed by atoms with Gasteiger partial charge in [0.25, 0.3) is 0 Å². The van der Waals surface area contributed by atoms with Gasteiger partial charge >= 0.3 is 5.97 Å². The summed E-state index contributed by atoms with van der Waals surface area (Å²) in [5.74, 6) is -0.299. The van der Waals surface area contributed by atoms with E-state index in [1.54, 1.807) is 12.1 Å². The lowest BCUT2D eigenvalue weighted by Crippen LogP contribution is -2.17. The second-order valence-electron chi connectivity index (χ2n) is 4.99. The molecule has 0 aliphatic carbocycles. The van der Waals surface area contributed by atoms with Gasteiger partial charge in [-0.1, -0.05) is 19.1 Å². The van der Waals surface area contributed by atoms with Gasteiger partial charge in [0.15, 0.2) is 0 Å². The molecule has 4 heteroatoms. The summed E-state index contributed by atoms with van der Waals surface area (Å²) in [6.07, 6.45) is 3.22. The average Bonchev–Trinajstić information content (AvgIpc) is 2.95. The zero-order chi connectivity index (χ0) is 15.1. The zero-order valence-electron chi connectivity index (χ0n) is 12.6. The van der Waals surface area contributed by atoms with E-state index in [1.165, 1.54) is 12.8 Å². The first kappa shape index (κ1) is 15.3. The SMILES string of the molecule is CCCNCc1cccn1Cc1ccc(C(=O)OC)cc1. The molecule has 112 valence electrons. The Bertz CT molecular complexity index is 573. The molecule has 4 nitrogen and oxygen atoms in total. The van der Waals surface area contributed by atoms with Crippen LogP contribution < -0.4 is 5.32 Å². The number of nitrogens with one attached hydrogen (secondary N) is 1. The number of benzene rings is 1. The molecule has 0 aliphatic heterocycles. The Morgan fingerprint density at radius 3 is 2.67 bits per heavy atom. The lowest BCUT2D eigenvalue weighted by Gasteiger charge is -2.10. The van der Waals surface area contributed by atoms with Gasteiger partial charge in [-0.3, -0.25) is 0 Å². The van der Waals surface area contributed by atoms with Crippen LogP contribution in [0.4, 0.5) is 0 Å². The molecule has 1 N–H and O–H groups in total. The van der Waals surface area contributed by atoms with Gasteiger partial charge in [-0.2, -0.15) is 0 Å². The summed E-state index contributed by atoms with van der Waals surface area (Å²) in [5, 5.41) is 3.41. The summed E-state index contributed by atoms with van der Waals surface area (Å²) in [5.41, 5.74) is 3.01. The Balaban J connectivity index is 2.01. The molecule has 0 unspecified atom stereocenters. The fraction of sp³-hybridized carbons (Fsp3) is 0.353. The number of methoxy groups -OCH3 is 1. The Labute approximate surface area is 125 Å². The van der Waals surface area contributed by atoms with E-state index in [9.17, 15) is 4.79 Å². The van der Waals surface area contributed by atoms with E-state index in [0.717, 1.165) is 31.6 Å². The van der Waals surface area contributed by atoms with Gasteiger partial charge in [0, 0.05) is 25.0 Å². The molecule has 1 heterocycles. The van der Waals surface area contributed by atoms with E-state index >= 15 is 0 Å². The van der Waals surface area contributed by atoms with Crippen molar-refractivity contribution in [1.82, 2.24) is 9.88 Å². The van der Waals surface area contributed by atoms with Gasteiger partial charge in [0.1, 0.15) is 0 Å². The molecule has 0 saturated heterocycles. The number of ether oxygens (including phenoxy) is 1. The number of rotatable bonds is 7. The predicted octanol–water partition coefficient (Wildman–Crippen LogP) is 2.82. The second kappa shape index (κ2) is 7.64. The van der Waals surface area contributed by atoms with Crippen molar-refractivity contribution in [2.45, 2.75) is 26.4 Å². The Hall–Kier alpha value is -2.07. The maximum atomic E-state index is 11.4. The van der Waals surface area contributed by atoms with Crippen molar-refractivity contribution >= 4 is 5.97 Å². The summed E-state index contributed by atoms with van der Waals surface area (Å²) < 4.78 is 6.92. The summed E-state index contributed by atoms with van der Waals surface area (Å²) in [4.78, 5) is 11.4. The number of aromatic nitrogens is 1. The maximum absolute atomic E-state index is 11.4. The van der Waals surface area contributed by atoms with Gasteiger partial charge in [0.2, 0.25) is 0 Å². The molecular weight excluding hydrogens is 264 g/mol. The van der Waals surface area contributed by atoms with Crippen LogP contribution in [-0.4, -0.2) is 24.2 Å². The highest BCUT2D eigenvalue weighted by Gasteiger charge is 2.05. The highest BCUT2D eigenvalue weighted by molar-refractivity contribution is 5.89. The van der Waals surface area contributed by atoms with Crippen molar-refractivity contribution in [3.63, 3.8) is 0 Å². The third-order valence-electron chi connectivity index (χ3n) is 3.38. The molecule has 0 bridgehead atoms. The molecule has 21 heavy (non-hydrogen) atoms. The van der Waals surface area contributed by atoms with Crippen molar-refractivity contribution in [3.05, 3.63) is 59.4 Å². The second-order valence-corrected chi connectivity index (χ2v) is 4.99. The predicted molar refractivity (Wildman–Crippen MR) is 83.3 cm³/mol. The zero-order valence-corrected chi connectivity index (χ0v) is 12.6. The Kier molecular flexibility index (Phi) is 5.58. The third-order valence-corrected chi connectivity index (χ3v) is 3.38. The van der Waals surface area contributed by atoms with Crippen LogP contribution in [0.3, 0.4) is 0 Å². The molecule has 0 fully saturated rings. The topological polar surface area (TPSA) is 43.3 Å². The van der Waals surface area contributed by atoms with E-state index in [1.807, 2.05) is 12.1 Å². The minimum atomic E-state index is -0.299. The quantitative estimate of drug-likeness (QED) is 0.629. The molecule has 0 aliphatic rings. The van der Waals surface area contributed by atoms with Gasteiger partial charge in [0.05, 0.1) is 12.7 Å². The first-order valence-corrected chi connectivity index (χ1v) is 7.26. The van der Waals surface area contributed by atoms with Gasteiger partial charge in [-0.25, -0.2) is 4.79 Å². The van der Waals surface area contributed by atoms with Gasteiger partial charge in [-0.05, 0) is 42.8 Å². The van der Waals surface area contributed by atoms with Crippen molar-refractivity contribution in [1.29, 1.82) is 0 Å². The molecule has 0 atom stereocenters. The van der Waals surface area contributed by atoms with Crippen molar-refractivity contribution < 1.29 is 9.53 Å². The number of carbonyl (C=O) groups is 1. The number of hydrogen-bond donors (Lipinski definition) is 1. The van der Waals surface area contributed by atoms with Crippen LogP contribution in [0.5, 0.6) is 0 Å². The fourth-order valence-corrected chi connectivity index (χ4v) is 2.22. The molecule has 2 rings (SSSR count). The minimum absolute atomic E-state index is 0.299. The van der Waals surface area contributed by atoms with Gasteiger partial charge in [-0.15, -0.1) is 0 Å². The van der Waals surface area contributed by atoms with Gasteiger partial charge < -0.3 is 14.6 Å². The summed E-state index contributed by atoms with van der Waals surface area (Å²) >= 11 is 0. The molecular formula is C17H22N2O2. The molecule has 1 aromatic carbocycles. The molecule has 2 aromatic rings. The van der Waals surface area contributed by atoms with E-state index in [-0.39, 0.29) is 5.97 Å². The van der Waals surface area contributed by atoms with Crippen LogP contribution >= 0.6 is 0 Å². The largest absolute Gasteiger partial charge is 0.465 e. The van der Waals surface area contributed by atoms with Crippen molar-refractivity contribution in [2.75, 3.05) is 13.7 Å². The van der Waals surface area contributed by atoms with Crippen LogP contribution in [-0.2, 0) is 17.8 Å². The van der Waals surface area contributed by atoms with Crippen LogP contribution in [0.2, 0.25) is 0 Å². The monoisotopic (exact) mass is 286 g/mol. The smallest absolute Gasteiger partial charge is 0.337 e. The summed E-state index contributed by atoms with van der Waals surface area (Å²) in [7, 11) is 1.39. The number of nitrogens with zero attached hydrogens (tertiary/aromatic N) is 1. The highest BCUT2D eigenvalue weighted by Crippen LogP contribution is 2.10. The first-order valence-electron chi connectivity index (χ1n) is 7.26. The summed E-state index contributed by atoms with van der Waals surface area (Å²) in [6.45, 7) is 4.87. The highest BCUT2D eigenvalue weighted by atomic mass is 16.5. The molecule has 1 aromatic heterocycles. The molecule has 0 radical (unpaired) electrons. The van der Waals surface area contributed by atoms with Crippen LogP contribution in [0.15, 0.2) is 42.6 Å². The molecule has 0 saturated carbocycles. The summed E-state index contributed by atoms with van der Waals surface area (Å²) in [6, 6.07) is 11.7.